The number of hydrogen-bond donors (Lipinski definition) is 2. The first-order valence-electron chi connectivity index (χ1n) is 5.71. The molecule has 3 heterocycles. The summed E-state index contributed by atoms with van der Waals surface area (Å²) in [6.45, 7) is 0.332. The van der Waals surface area contributed by atoms with Crippen molar-refractivity contribution in [3.63, 3.8) is 0 Å². The first-order valence-corrected chi connectivity index (χ1v) is 7.47. The number of carbonyl (C=O) groups excluding carboxylic acids is 1. The fraction of sp³-hybridized carbons (Fsp3) is 0.0833. The summed E-state index contributed by atoms with van der Waals surface area (Å²) in [7, 11) is 0. The van der Waals surface area contributed by atoms with E-state index >= 15 is 0 Å². The van der Waals surface area contributed by atoms with E-state index in [1.165, 1.54) is 22.7 Å². The second-order valence-electron chi connectivity index (χ2n) is 4.06. The van der Waals surface area contributed by atoms with E-state index in [9.17, 15) is 9.59 Å². The Kier molecular flexibility index (Phi) is 3.35. The zero-order valence-corrected chi connectivity index (χ0v) is 11.8. The molecule has 0 saturated heterocycles. The lowest BCUT2D eigenvalue weighted by atomic mass is 10.3. The van der Waals surface area contributed by atoms with Gasteiger partial charge in [-0.25, -0.2) is 10.8 Å². The number of pyridine rings is 1. The second kappa shape index (κ2) is 5.16. The molecule has 3 aromatic rings. The van der Waals surface area contributed by atoms with Gasteiger partial charge in [-0.2, -0.15) is 0 Å². The van der Waals surface area contributed by atoms with Crippen molar-refractivity contribution in [3.05, 3.63) is 50.1 Å². The molecule has 0 saturated carbocycles. The lowest BCUT2D eigenvalue weighted by Crippen LogP contribution is -2.29. The predicted molar refractivity (Wildman–Crippen MR) is 79.0 cm³/mol. The third-order valence-electron chi connectivity index (χ3n) is 2.80. The number of thiophene rings is 1. The topological polar surface area (TPSA) is 90.0 Å². The van der Waals surface area contributed by atoms with E-state index in [0.717, 1.165) is 4.70 Å². The molecule has 3 N–H and O–H groups in total. The highest BCUT2D eigenvalue weighted by Crippen LogP contribution is 2.17. The summed E-state index contributed by atoms with van der Waals surface area (Å²) in [5, 5.41) is 4.62. The molecule has 6 nitrogen and oxygen atoms in total. The Bertz CT molecular complexity index is 833. The van der Waals surface area contributed by atoms with Gasteiger partial charge in [-0.3, -0.25) is 15.0 Å². The molecular formula is C12H10N4O2S2. The van der Waals surface area contributed by atoms with Gasteiger partial charge in [0.2, 0.25) is 0 Å². The number of carbonyl (C=O) groups is 1. The lowest BCUT2D eigenvalue weighted by Gasteiger charge is -2.03. The second-order valence-corrected chi connectivity index (χ2v) is 5.87. The van der Waals surface area contributed by atoms with Crippen LogP contribution in [0.5, 0.6) is 0 Å². The Morgan fingerprint density at radius 3 is 3.05 bits per heavy atom. The highest BCUT2D eigenvalue weighted by atomic mass is 32.1. The van der Waals surface area contributed by atoms with E-state index < -0.39 is 5.91 Å². The minimum atomic E-state index is -0.429. The molecule has 3 aromatic heterocycles. The van der Waals surface area contributed by atoms with Crippen molar-refractivity contribution in [1.29, 1.82) is 0 Å². The van der Waals surface area contributed by atoms with Crippen molar-refractivity contribution >= 4 is 38.7 Å². The van der Waals surface area contributed by atoms with E-state index in [2.05, 4.69) is 4.98 Å². The number of hydrogen-bond acceptors (Lipinski definition) is 6. The largest absolute Gasteiger partial charge is 0.309 e. The monoisotopic (exact) mass is 306 g/mol. The smallest absolute Gasteiger partial charge is 0.294 e. The summed E-state index contributed by atoms with van der Waals surface area (Å²) in [5.41, 5.74) is 2.64. The molecule has 0 atom stereocenters. The van der Waals surface area contributed by atoms with Gasteiger partial charge in [-0.05, 0) is 17.5 Å². The van der Waals surface area contributed by atoms with Crippen LogP contribution in [0.4, 0.5) is 0 Å². The molecule has 0 aliphatic heterocycles. The van der Waals surface area contributed by atoms with Crippen LogP contribution in [0.3, 0.4) is 0 Å². The quantitative estimate of drug-likeness (QED) is 0.432. The molecule has 3 rings (SSSR count). The van der Waals surface area contributed by atoms with Crippen molar-refractivity contribution in [2.24, 2.45) is 5.84 Å². The summed E-state index contributed by atoms with van der Waals surface area (Å²) in [6.07, 6.45) is 1.74. The van der Waals surface area contributed by atoms with Gasteiger partial charge in [0.1, 0.15) is 0 Å². The summed E-state index contributed by atoms with van der Waals surface area (Å²) in [5.74, 6) is 4.62. The minimum Gasteiger partial charge on any atom is -0.309 e. The van der Waals surface area contributed by atoms with Crippen LogP contribution < -0.4 is 16.8 Å². The predicted octanol–water partition coefficient (Wildman–Crippen LogP) is 1.17. The van der Waals surface area contributed by atoms with Crippen LogP contribution in [0, 0.1) is 0 Å². The summed E-state index contributed by atoms with van der Waals surface area (Å²) in [6, 6.07) is 3.72. The van der Waals surface area contributed by atoms with Crippen LogP contribution in [-0.2, 0) is 6.54 Å². The van der Waals surface area contributed by atoms with E-state index in [1.54, 1.807) is 16.1 Å². The number of nitrogens with zero attached hydrogens (tertiary/aromatic N) is 2. The third kappa shape index (κ3) is 2.24. The molecule has 1 amide bonds. The highest BCUT2D eigenvalue weighted by molar-refractivity contribution is 7.17. The summed E-state index contributed by atoms with van der Waals surface area (Å²) >= 11 is 2.73. The van der Waals surface area contributed by atoms with Crippen molar-refractivity contribution in [2.45, 2.75) is 6.54 Å². The highest BCUT2D eigenvalue weighted by Gasteiger charge is 2.11. The Hall–Kier alpha value is -2.03. The number of hydrazine groups is 1. The van der Waals surface area contributed by atoms with E-state index in [4.69, 9.17) is 5.84 Å². The number of fused-ring (bicyclic) bond motifs is 1. The first-order chi connectivity index (χ1) is 9.69. The standard InChI is InChI=1S/C12H10N4O2S2/c13-15-10(17)11-14-7(6-20-11)5-16-3-1-9-8(12(16)18)2-4-19-9/h1-4,6H,5,13H2,(H,15,17). The van der Waals surface area contributed by atoms with Gasteiger partial charge >= 0.3 is 0 Å². The van der Waals surface area contributed by atoms with Crippen LogP contribution in [0.25, 0.3) is 10.1 Å². The third-order valence-corrected chi connectivity index (χ3v) is 4.57. The van der Waals surface area contributed by atoms with Gasteiger partial charge in [-0.15, -0.1) is 22.7 Å². The van der Waals surface area contributed by atoms with Gasteiger partial charge < -0.3 is 4.57 Å². The Morgan fingerprint density at radius 2 is 2.25 bits per heavy atom. The zero-order chi connectivity index (χ0) is 14.1. The Balaban J connectivity index is 1.93. The van der Waals surface area contributed by atoms with E-state index in [0.29, 0.717) is 17.6 Å². The average Bonchev–Trinajstić information content (AvgIpc) is 3.10. The SMILES string of the molecule is NNC(=O)c1nc(Cn2ccc3sccc3c2=O)cs1. The normalized spacial score (nSPS) is 10.8. The van der Waals surface area contributed by atoms with Gasteiger partial charge in [0.15, 0.2) is 5.01 Å². The molecule has 8 heteroatoms. The number of nitrogens with one attached hydrogen (secondary N) is 1. The van der Waals surface area contributed by atoms with Gasteiger partial charge in [-0.1, -0.05) is 0 Å². The fourth-order valence-corrected chi connectivity index (χ4v) is 3.33. The van der Waals surface area contributed by atoms with Crippen LogP contribution in [0.15, 0.2) is 33.9 Å². The molecule has 102 valence electrons. The molecule has 0 aliphatic carbocycles. The number of thiazole rings is 1. The maximum absolute atomic E-state index is 12.2. The summed E-state index contributed by atoms with van der Waals surface area (Å²) in [4.78, 5) is 27.7. The van der Waals surface area contributed by atoms with Crippen molar-refractivity contribution in [3.8, 4) is 0 Å². The van der Waals surface area contributed by atoms with Gasteiger partial charge in [0.05, 0.1) is 17.6 Å². The van der Waals surface area contributed by atoms with Crippen molar-refractivity contribution in [1.82, 2.24) is 15.0 Å². The number of rotatable bonds is 3. The Labute approximate surface area is 121 Å². The van der Waals surface area contributed by atoms with Crippen LogP contribution >= 0.6 is 22.7 Å². The van der Waals surface area contributed by atoms with Crippen LogP contribution in [0.2, 0.25) is 0 Å². The van der Waals surface area contributed by atoms with Gasteiger partial charge in [0.25, 0.3) is 11.5 Å². The molecular weight excluding hydrogens is 296 g/mol. The number of nitrogen functional groups attached to an aromatic ring is 1. The maximum Gasteiger partial charge on any atom is 0.294 e. The lowest BCUT2D eigenvalue weighted by molar-refractivity contribution is 0.0953. The molecule has 20 heavy (non-hydrogen) atoms. The number of nitrogens with two attached hydrogens (primary N) is 1. The van der Waals surface area contributed by atoms with Crippen LogP contribution in [-0.4, -0.2) is 15.5 Å². The van der Waals surface area contributed by atoms with Crippen LogP contribution in [0.1, 0.15) is 15.5 Å². The fourth-order valence-electron chi connectivity index (χ4n) is 1.85. The molecule has 0 radical (unpaired) electrons. The zero-order valence-electron chi connectivity index (χ0n) is 10.2. The molecule has 0 spiro atoms. The first kappa shape index (κ1) is 13.0. The average molecular weight is 306 g/mol. The number of amides is 1. The molecule has 0 aliphatic rings. The van der Waals surface area contributed by atoms with Crippen molar-refractivity contribution in [2.75, 3.05) is 0 Å². The molecule has 0 bridgehead atoms. The molecule has 0 unspecified atom stereocenters. The minimum absolute atomic E-state index is 0.0541. The number of aromatic nitrogens is 2. The van der Waals surface area contributed by atoms with E-state index in [1.807, 2.05) is 22.9 Å². The summed E-state index contributed by atoms with van der Waals surface area (Å²) < 4.78 is 2.54. The van der Waals surface area contributed by atoms with Gasteiger partial charge in [0, 0.05) is 16.3 Å². The maximum atomic E-state index is 12.2. The molecule has 0 aromatic carbocycles. The van der Waals surface area contributed by atoms with Crippen molar-refractivity contribution < 1.29 is 4.79 Å². The van der Waals surface area contributed by atoms with E-state index in [-0.39, 0.29) is 10.6 Å². The molecule has 0 fully saturated rings. The Morgan fingerprint density at radius 1 is 1.40 bits per heavy atom.